The van der Waals surface area contributed by atoms with Gasteiger partial charge >= 0.3 is 0 Å². The van der Waals surface area contributed by atoms with Gasteiger partial charge in [-0.15, -0.1) is 0 Å². The van der Waals surface area contributed by atoms with Crippen LogP contribution in [-0.4, -0.2) is 34.6 Å². The Labute approximate surface area is 136 Å². The number of hydrogen-bond acceptors (Lipinski definition) is 5. The summed E-state index contributed by atoms with van der Waals surface area (Å²) in [6.07, 6.45) is 3.18. The zero-order chi connectivity index (χ0) is 17.0. The Morgan fingerprint density at radius 2 is 2.17 bits per heavy atom. The summed E-state index contributed by atoms with van der Waals surface area (Å²) >= 11 is 0. The standard InChI is InChI=1S/C17H20N4O2/c1-4-7-21(11-20-10-19)15-13-8-12(9-18)5-6-14(13)23-17(2,3)16(15)22/h5-6,8,11,15-16,22H,4,7H2,1-3H3/t15-,16+/m0/s1. The normalized spacial score (nSPS) is 21.8. The number of nitrogens with zero attached hydrogens (tertiary/aromatic N) is 4. The van der Waals surface area contributed by atoms with Gasteiger partial charge in [0.15, 0.2) is 0 Å². The highest BCUT2D eigenvalue weighted by atomic mass is 16.5. The van der Waals surface area contributed by atoms with E-state index in [9.17, 15) is 5.11 Å². The van der Waals surface area contributed by atoms with Crippen LogP contribution in [0.2, 0.25) is 0 Å². The molecule has 0 bridgehead atoms. The molecule has 0 fully saturated rings. The molecule has 23 heavy (non-hydrogen) atoms. The average molecular weight is 312 g/mol. The number of ether oxygens (including phenoxy) is 1. The highest BCUT2D eigenvalue weighted by Crippen LogP contribution is 2.42. The van der Waals surface area contributed by atoms with Crippen LogP contribution in [0.1, 0.15) is 44.4 Å². The van der Waals surface area contributed by atoms with Crippen LogP contribution in [-0.2, 0) is 0 Å². The van der Waals surface area contributed by atoms with E-state index < -0.39 is 17.7 Å². The van der Waals surface area contributed by atoms with Crippen molar-refractivity contribution in [2.24, 2.45) is 4.99 Å². The minimum Gasteiger partial charge on any atom is -0.485 e. The lowest BCUT2D eigenvalue weighted by atomic mass is 9.85. The van der Waals surface area contributed by atoms with Crippen LogP contribution in [0.5, 0.6) is 5.75 Å². The molecule has 1 aliphatic heterocycles. The molecule has 1 aliphatic rings. The zero-order valence-electron chi connectivity index (χ0n) is 13.5. The molecular weight excluding hydrogens is 292 g/mol. The molecule has 0 saturated heterocycles. The van der Waals surface area contributed by atoms with E-state index in [2.05, 4.69) is 11.1 Å². The quantitative estimate of drug-likeness (QED) is 0.523. The minimum absolute atomic E-state index is 0.431. The second-order valence-corrected chi connectivity index (χ2v) is 6.04. The summed E-state index contributed by atoms with van der Waals surface area (Å²) in [7, 11) is 0. The molecule has 0 amide bonds. The molecule has 1 aromatic rings. The molecule has 0 aromatic heterocycles. The molecule has 2 rings (SSSR count). The lowest BCUT2D eigenvalue weighted by molar-refractivity contribution is -0.0807. The fraction of sp³-hybridized carbons (Fsp3) is 0.471. The first-order valence-electron chi connectivity index (χ1n) is 7.53. The first-order chi connectivity index (χ1) is 10.9. The SMILES string of the molecule is CCCN(C=NC#N)[C@H]1c2cc(C#N)ccc2OC(C)(C)[C@@H]1O. The highest BCUT2D eigenvalue weighted by molar-refractivity contribution is 5.59. The van der Waals surface area contributed by atoms with Crippen molar-refractivity contribution in [3.63, 3.8) is 0 Å². The van der Waals surface area contributed by atoms with Crippen LogP contribution in [0.4, 0.5) is 0 Å². The molecule has 1 aromatic carbocycles. The Kier molecular flexibility index (Phi) is 4.88. The van der Waals surface area contributed by atoms with E-state index >= 15 is 0 Å². The van der Waals surface area contributed by atoms with Gasteiger partial charge in [0.1, 0.15) is 23.8 Å². The molecule has 6 heteroatoms. The lowest BCUT2D eigenvalue weighted by Crippen LogP contribution is -2.53. The fourth-order valence-electron chi connectivity index (χ4n) is 2.82. The number of aliphatic hydroxyl groups is 1. The van der Waals surface area contributed by atoms with E-state index in [0.29, 0.717) is 17.9 Å². The molecule has 1 heterocycles. The van der Waals surface area contributed by atoms with Gasteiger partial charge < -0.3 is 14.7 Å². The Morgan fingerprint density at radius 3 is 2.78 bits per heavy atom. The smallest absolute Gasteiger partial charge is 0.207 e. The van der Waals surface area contributed by atoms with Crippen LogP contribution in [0, 0.1) is 22.8 Å². The molecule has 0 saturated carbocycles. The highest BCUT2D eigenvalue weighted by Gasteiger charge is 2.45. The first-order valence-corrected chi connectivity index (χ1v) is 7.53. The largest absolute Gasteiger partial charge is 0.485 e. The molecular formula is C17H20N4O2. The van der Waals surface area contributed by atoms with Gasteiger partial charge in [-0.1, -0.05) is 6.92 Å². The van der Waals surface area contributed by atoms with E-state index in [1.54, 1.807) is 24.4 Å². The van der Waals surface area contributed by atoms with E-state index in [4.69, 9.17) is 15.3 Å². The molecule has 0 aliphatic carbocycles. The van der Waals surface area contributed by atoms with Crippen molar-refractivity contribution in [2.75, 3.05) is 6.54 Å². The summed E-state index contributed by atoms with van der Waals surface area (Å²) in [5.74, 6) is 0.635. The molecule has 6 nitrogen and oxygen atoms in total. The third kappa shape index (κ3) is 3.28. The third-order valence-electron chi connectivity index (χ3n) is 3.94. The Morgan fingerprint density at radius 1 is 1.43 bits per heavy atom. The zero-order valence-corrected chi connectivity index (χ0v) is 13.5. The summed E-state index contributed by atoms with van der Waals surface area (Å²) in [6.45, 7) is 6.27. The first kappa shape index (κ1) is 16.8. The van der Waals surface area contributed by atoms with Crippen LogP contribution >= 0.6 is 0 Å². The van der Waals surface area contributed by atoms with Crippen LogP contribution in [0.25, 0.3) is 0 Å². The van der Waals surface area contributed by atoms with Gasteiger partial charge in [0, 0.05) is 12.1 Å². The summed E-state index contributed by atoms with van der Waals surface area (Å²) in [6, 6.07) is 6.84. The monoisotopic (exact) mass is 312 g/mol. The Balaban J connectivity index is 2.57. The molecule has 1 N–H and O–H groups in total. The number of aliphatic hydroxyl groups excluding tert-OH is 1. The van der Waals surface area contributed by atoms with Crippen LogP contribution in [0.15, 0.2) is 23.2 Å². The van der Waals surface area contributed by atoms with Crippen molar-refractivity contribution in [1.82, 2.24) is 4.90 Å². The molecule has 120 valence electrons. The van der Waals surface area contributed by atoms with Crippen molar-refractivity contribution in [3.8, 4) is 18.0 Å². The fourth-order valence-corrected chi connectivity index (χ4v) is 2.82. The lowest BCUT2D eigenvalue weighted by Gasteiger charge is -2.45. The second kappa shape index (κ2) is 6.68. The Bertz CT molecular complexity index is 685. The van der Waals surface area contributed by atoms with Crippen LogP contribution in [0.3, 0.4) is 0 Å². The predicted octanol–water partition coefficient (Wildman–Crippen LogP) is 2.35. The number of rotatable bonds is 4. The van der Waals surface area contributed by atoms with Crippen molar-refractivity contribution in [3.05, 3.63) is 29.3 Å². The average Bonchev–Trinajstić information content (AvgIpc) is 2.52. The predicted molar refractivity (Wildman–Crippen MR) is 85.7 cm³/mol. The van der Waals surface area contributed by atoms with Crippen LogP contribution < -0.4 is 4.74 Å². The van der Waals surface area contributed by atoms with E-state index in [-0.39, 0.29) is 0 Å². The minimum atomic E-state index is -0.833. The van der Waals surface area contributed by atoms with Crippen molar-refractivity contribution >= 4 is 6.34 Å². The van der Waals surface area contributed by atoms with Gasteiger partial charge in [-0.05, 0) is 38.5 Å². The summed E-state index contributed by atoms with van der Waals surface area (Å²) in [5.41, 5.74) is 0.435. The number of aliphatic imine (C=N–C) groups is 1. The number of nitriles is 2. The van der Waals surface area contributed by atoms with Crippen molar-refractivity contribution in [1.29, 1.82) is 10.5 Å². The van der Waals surface area contributed by atoms with Crippen molar-refractivity contribution in [2.45, 2.75) is 44.9 Å². The maximum Gasteiger partial charge on any atom is 0.207 e. The molecule has 0 radical (unpaired) electrons. The van der Waals surface area contributed by atoms with E-state index in [0.717, 1.165) is 12.0 Å². The third-order valence-corrected chi connectivity index (χ3v) is 3.94. The topological polar surface area (TPSA) is 92.6 Å². The molecule has 0 spiro atoms. The summed E-state index contributed by atoms with van der Waals surface area (Å²) < 4.78 is 5.90. The van der Waals surface area contributed by atoms with Gasteiger partial charge in [0.25, 0.3) is 0 Å². The van der Waals surface area contributed by atoms with E-state index in [1.165, 1.54) is 6.34 Å². The Hall–Kier alpha value is -2.57. The second-order valence-electron chi connectivity index (χ2n) is 6.04. The maximum absolute atomic E-state index is 10.8. The number of benzene rings is 1. The van der Waals surface area contributed by atoms with Gasteiger partial charge in [0.05, 0.1) is 17.7 Å². The summed E-state index contributed by atoms with van der Waals surface area (Å²) in [5, 5.41) is 28.7. The van der Waals surface area contributed by atoms with Gasteiger partial charge in [0.2, 0.25) is 6.19 Å². The number of fused-ring (bicyclic) bond motifs is 1. The van der Waals surface area contributed by atoms with Gasteiger partial charge in [-0.3, -0.25) is 0 Å². The maximum atomic E-state index is 10.8. The molecule has 0 unspecified atom stereocenters. The molecule has 2 atom stereocenters. The van der Waals surface area contributed by atoms with Gasteiger partial charge in [-0.2, -0.15) is 15.5 Å². The van der Waals surface area contributed by atoms with Crippen molar-refractivity contribution < 1.29 is 9.84 Å². The number of hydrogen-bond donors (Lipinski definition) is 1. The van der Waals surface area contributed by atoms with E-state index in [1.807, 2.05) is 25.7 Å². The summed E-state index contributed by atoms with van der Waals surface area (Å²) in [4.78, 5) is 5.48. The van der Waals surface area contributed by atoms with Gasteiger partial charge in [-0.25, -0.2) is 0 Å².